The van der Waals surface area contributed by atoms with Gasteiger partial charge in [0.15, 0.2) is 0 Å². The van der Waals surface area contributed by atoms with Crippen LogP contribution in [0.3, 0.4) is 0 Å². The summed E-state index contributed by atoms with van der Waals surface area (Å²) in [5.41, 5.74) is 1.15. The first-order valence-corrected chi connectivity index (χ1v) is 7.78. The lowest BCUT2D eigenvalue weighted by Gasteiger charge is -2.17. The summed E-state index contributed by atoms with van der Waals surface area (Å²) in [7, 11) is 0. The van der Waals surface area contributed by atoms with Gasteiger partial charge in [-0.1, -0.05) is 43.7 Å². The summed E-state index contributed by atoms with van der Waals surface area (Å²) < 4.78 is 5.73. The summed E-state index contributed by atoms with van der Waals surface area (Å²) in [5.74, 6) is 0.830. The third-order valence-corrected chi connectivity index (χ3v) is 4.01. The molecule has 0 spiro atoms. The number of aliphatic hydroxyl groups excluding tert-OH is 1. The molecule has 1 fully saturated rings. The summed E-state index contributed by atoms with van der Waals surface area (Å²) >= 11 is 0. The molecule has 0 heterocycles. The van der Waals surface area contributed by atoms with Gasteiger partial charge in [0, 0.05) is 12.6 Å². The van der Waals surface area contributed by atoms with Crippen molar-refractivity contribution in [3.8, 4) is 0 Å². The van der Waals surface area contributed by atoms with Crippen LogP contribution >= 0.6 is 0 Å². The Morgan fingerprint density at radius 1 is 1.35 bits per heavy atom. The Morgan fingerprint density at radius 3 is 2.80 bits per heavy atom. The third-order valence-electron chi connectivity index (χ3n) is 4.01. The average Bonchev–Trinajstić information content (AvgIpc) is 3.22. The summed E-state index contributed by atoms with van der Waals surface area (Å²) in [6.07, 6.45) is 3.42. The van der Waals surface area contributed by atoms with Crippen LogP contribution in [0.15, 0.2) is 30.3 Å². The number of nitrogens with one attached hydrogen (secondary N) is 1. The van der Waals surface area contributed by atoms with E-state index in [9.17, 15) is 5.11 Å². The Kier molecular flexibility index (Phi) is 6.02. The van der Waals surface area contributed by atoms with Gasteiger partial charge in [-0.15, -0.1) is 0 Å². The zero-order valence-corrected chi connectivity index (χ0v) is 12.6. The highest BCUT2D eigenvalue weighted by atomic mass is 16.5. The normalized spacial score (nSPS) is 24.4. The summed E-state index contributed by atoms with van der Waals surface area (Å²) in [6, 6.07) is 10.7. The number of hydrogen-bond acceptors (Lipinski definition) is 3. The maximum absolute atomic E-state index is 9.95. The topological polar surface area (TPSA) is 41.5 Å². The molecule has 1 aromatic rings. The maximum atomic E-state index is 9.95. The van der Waals surface area contributed by atoms with E-state index in [2.05, 4.69) is 24.4 Å². The second kappa shape index (κ2) is 7.77. The Bertz CT molecular complexity index is 382. The van der Waals surface area contributed by atoms with E-state index in [1.54, 1.807) is 0 Å². The fourth-order valence-corrected chi connectivity index (χ4v) is 2.61. The van der Waals surface area contributed by atoms with Gasteiger partial charge in [0.25, 0.3) is 0 Å². The second-order valence-corrected chi connectivity index (χ2v) is 5.84. The highest BCUT2D eigenvalue weighted by Gasteiger charge is 2.35. The average molecular weight is 277 g/mol. The van der Waals surface area contributed by atoms with Crippen LogP contribution in [0, 0.1) is 5.92 Å². The molecule has 1 aromatic carbocycles. The first kappa shape index (κ1) is 15.5. The molecule has 112 valence electrons. The van der Waals surface area contributed by atoms with Gasteiger partial charge in [-0.25, -0.2) is 0 Å². The van der Waals surface area contributed by atoms with Gasteiger partial charge in [-0.3, -0.25) is 0 Å². The highest BCUT2D eigenvalue weighted by molar-refractivity contribution is 5.16. The molecule has 2 rings (SSSR count). The number of benzene rings is 1. The summed E-state index contributed by atoms with van der Waals surface area (Å²) in [4.78, 5) is 0. The quantitative estimate of drug-likeness (QED) is 0.729. The molecule has 1 aliphatic rings. The van der Waals surface area contributed by atoms with Gasteiger partial charge in [0.05, 0.1) is 18.8 Å². The smallest absolute Gasteiger partial charge is 0.0898 e. The van der Waals surface area contributed by atoms with Crippen LogP contribution in [0.5, 0.6) is 0 Å². The Morgan fingerprint density at radius 2 is 2.10 bits per heavy atom. The van der Waals surface area contributed by atoms with Crippen molar-refractivity contribution in [2.45, 2.75) is 51.4 Å². The zero-order chi connectivity index (χ0) is 14.4. The predicted molar refractivity (Wildman–Crippen MR) is 81.6 cm³/mol. The minimum absolute atomic E-state index is 0.0274. The van der Waals surface area contributed by atoms with E-state index in [0.717, 1.165) is 11.5 Å². The van der Waals surface area contributed by atoms with Crippen molar-refractivity contribution in [1.82, 2.24) is 5.32 Å². The lowest BCUT2D eigenvalue weighted by molar-refractivity contribution is -0.00223. The van der Waals surface area contributed by atoms with E-state index in [1.807, 2.05) is 25.1 Å². The molecule has 4 atom stereocenters. The first-order chi connectivity index (χ1) is 9.70. The zero-order valence-electron chi connectivity index (χ0n) is 12.6. The van der Waals surface area contributed by atoms with Gasteiger partial charge in [0.2, 0.25) is 0 Å². The molecule has 0 bridgehead atoms. The first-order valence-electron chi connectivity index (χ1n) is 7.78. The molecule has 20 heavy (non-hydrogen) atoms. The van der Waals surface area contributed by atoms with Crippen LogP contribution in [-0.4, -0.2) is 30.4 Å². The maximum Gasteiger partial charge on any atom is 0.0898 e. The van der Waals surface area contributed by atoms with Crippen LogP contribution in [0.1, 0.15) is 44.8 Å². The third kappa shape index (κ3) is 4.89. The van der Waals surface area contributed by atoms with Gasteiger partial charge in [-0.2, -0.15) is 0 Å². The molecule has 4 unspecified atom stereocenters. The standard InChI is InChI=1S/C17H27NO2/c1-3-7-15-10-17(15)18-11-16(19)12-20-13(2)14-8-5-4-6-9-14/h4-6,8-9,13,15-19H,3,7,10-12H2,1-2H3. The Hall–Kier alpha value is -0.900. The van der Waals surface area contributed by atoms with Crippen LogP contribution in [0.4, 0.5) is 0 Å². The molecule has 0 radical (unpaired) electrons. The second-order valence-electron chi connectivity index (χ2n) is 5.84. The van der Waals surface area contributed by atoms with Gasteiger partial charge < -0.3 is 15.2 Å². The Balaban J connectivity index is 1.59. The molecule has 0 aliphatic heterocycles. The molecular formula is C17H27NO2. The predicted octanol–water partition coefficient (Wildman–Crippen LogP) is 2.90. The molecule has 0 aromatic heterocycles. The van der Waals surface area contributed by atoms with E-state index < -0.39 is 6.10 Å². The number of rotatable bonds is 9. The van der Waals surface area contributed by atoms with Crippen molar-refractivity contribution >= 4 is 0 Å². The molecule has 0 saturated heterocycles. The van der Waals surface area contributed by atoms with E-state index in [1.165, 1.54) is 19.3 Å². The van der Waals surface area contributed by atoms with E-state index >= 15 is 0 Å². The molecule has 1 aliphatic carbocycles. The molecule has 3 nitrogen and oxygen atoms in total. The number of ether oxygens (including phenoxy) is 1. The fourth-order valence-electron chi connectivity index (χ4n) is 2.61. The SMILES string of the molecule is CCCC1CC1NCC(O)COC(C)c1ccccc1. The molecular weight excluding hydrogens is 250 g/mol. The van der Waals surface area contributed by atoms with E-state index in [-0.39, 0.29) is 6.10 Å². The van der Waals surface area contributed by atoms with Crippen molar-refractivity contribution in [3.63, 3.8) is 0 Å². The highest BCUT2D eigenvalue weighted by Crippen LogP contribution is 2.34. The van der Waals surface area contributed by atoms with Gasteiger partial charge in [0.1, 0.15) is 0 Å². The molecule has 3 heteroatoms. The van der Waals surface area contributed by atoms with Crippen LogP contribution in [-0.2, 0) is 4.74 Å². The minimum atomic E-state index is -0.427. The minimum Gasteiger partial charge on any atom is -0.389 e. The van der Waals surface area contributed by atoms with E-state index in [0.29, 0.717) is 19.2 Å². The Labute approximate surface area is 122 Å². The number of aliphatic hydroxyl groups is 1. The van der Waals surface area contributed by atoms with Crippen molar-refractivity contribution in [1.29, 1.82) is 0 Å². The number of hydrogen-bond donors (Lipinski definition) is 2. The largest absolute Gasteiger partial charge is 0.389 e. The molecule has 1 saturated carbocycles. The van der Waals surface area contributed by atoms with Crippen molar-refractivity contribution in [2.75, 3.05) is 13.2 Å². The fraction of sp³-hybridized carbons (Fsp3) is 0.647. The van der Waals surface area contributed by atoms with Crippen LogP contribution in [0.2, 0.25) is 0 Å². The van der Waals surface area contributed by atoms with Crippen LogP contribution in [0.25, 0.3) is 0 Å². The van der Waals surface area contributed by atoms with Crippen molar-refractivity contribution < 1.29 is 9.84 Å². The lowest BCUT2D eigenvalue weighted by atomic mass is 10.1. The lowest BCUT2D eigenvalue weighted by Crippen LogP contribution is -2.32. The monoisotopic (exact) mass is 277 g/mol. The molecule has 0 amide bonds. The van der Waals surface area contributed by atoms with Crippen LogP contribution < -0.4 is 5.32 Å². The summed E-state index contributed by atoms with van der Waals surface area (Å²) in [5, 5.41) is 13.4. The van der Waals surface area contributed by atoms with Crippen molar-refractivity contribution in [2.24, 2.45) is 5.92 Å². The molecule has 2 N–H and O–H groups in total. The summed E-state index contributed by atoms with van der Waals surface area (Å²) in [6.45, 7) is 5.26. The van der Waals surface area contributed by atoms with Crippen molar-refractivity contribution in [3.05, 3.63) is 35.9 Å². The van der Waals surface area contributed by atoms with Gasteiger partial charge >= 0.3 is 0 Å². The van der Waals surface area contributed by atoms with Gasteiger partial charge in [-0.05, 0) is 31.2 Å². The van der Waals surface area contributed by atoms with E-state index in [4.69, 9.17) is 4.74 Å².